The van der Waals surface area contributed by atoms with E-state index in [2.05, 4.69) is 20.6 Å². The maximum atomic E-state index is 5.60. The summed E-state index contributed by atoms with van der Waals surface area (Å²) in [6, 6.07) is 0.131. The van der Waals surface area contributed by atoms with E-state index in [1.54, 1.807) is 6.33 Å². The first-order chi connectivity index (χ1) is 7.86. The van der Waals surface area contributed by atoms with Crippen molar-refractivity contribution in [3.05, 3.63) is 12.2 Å². The third-order valence-electron chi connectivity index (χ3n) is 4.39. The number of hydrazine groups is 1. The molecule has 2 saturated carbocycles. The molecule has 1 aromatic rings. The second-order valence-corrected chi connectivity index (χ2v) is 5.26. The quantitative estimate of drug-likeness (QED) is 0.526. The number of nitrogens with two attached hydrogens (primary N) is 1. The summed E-state index contributed by atoms with van der Waals surface area (Å²) in [7, 11) is 0. The van der Waals surface area contributed by atoms with Gasteiger partial charge in [-0.05, 0) is 43.4 Å². The van der Waals surface area contributed by atoms with Crippen molar-refractivity contribution in [2.75, 3.05) is 0 Å². The highest BCUT2D eigenvalue weighted by Gasteiger charge is 2.40. The van der Waals surface area contributed by atoms with Gasteiger partial charge in [0.1, 0.15) is 12.2 Å². The lowest BCUT2D eigenvalue weighted by atomic mass is 9.84. The Kier molecular flexibility index (Phi) is 2.65. The molecule has 0 radical (unpaired) electrons. The summed E-state index contributed by atoms with van der Waals surface area (Å²) in [5.41, 5.74) is 2.86. The van der Waals surface area contributed by atoms with Crippen LogP contribution in [0.4, 0.5) is 0 Å². The van der Waals surface area contributed by atoms with Crippen LogP contribution in [0.25, 0.3) is 0 Å². The summed E-state index contributed by atoms with van der Waals surface area (Å²) < 4.78 is 0. The predicted molar refractivity (Wildman–Crippen MR) is 60.0 cm³/mol. The van der Waals surface area contributed by atoms with Crippen LogP contribution in [0.2, 0.25) is 0 Å². The first kappa shape index (κ1) is 10.2. The molecule has 3 rings (SSSR count). The Morgan fingerprint density at radius 2 is 2.44 bits per heavy atom. The molecule has 2 bridgehead atoms. The van der Waals surface area contributed by atoms with E-state index < -0.39 is 0 Å². The van der Waals surface area contributed by atoms with Gasteiger partial charge in [-0.3, -0.25) is 10.9 Å². The zero-order valence-electron chi connectivity index (χ0n) is 9.39. The molecule has 2 aliphatic carbocycles. The summed E-state index contributed by atoms with van der Waals surface area (Å²) in [6.45, 7) is 0. The van der Waals surface area contributed by atoms with Gasteiger partial charge in [0.15, 0.2) is 0 Å². The van der Waals surface area contributed by atoms with Crippen molar-refractivity contribution in [3.8, 4) is 0 Å². The molecule has 88 valence electrons. The maximum Gasteiger partial charge on any atom is 0.142 e. The number of hydrogen-bond donors (Lipinski definition) is 3. The van der Waals surface area contributed by atoms with Gasteiger partial charge in [-0.15, -0.1) is 0 Å². The number of rotatable bonds is 4. The van der Waals surface area contributed by atoms with Crippen LogP contribution < -0.4 is 11.3 Å². The van der Waals surface area contributed by atoms with Crippen molar-refractivity contribution in [3.63, 3.8) is 0 Å². The average molecular weight is 221 g/mol. The van der Waals surface area contributed by atoms with Crippen LogP contribution in [0.1, 0.15) is 44.0 Å². The number of nitrogens with zero attached hydrogens (tertiary/aromatic N) is 2. The molecular formula is C11H19N5. The molecule has 4 unspecified atom stereocenters. The Hall–Kier alpha value is -0.940. The van der Waals surface area contributed by atoms with Gasteiger partial charge in [-0.25, -0.2) is 10.4 Å². The Morgan fingerprint density at radius 1 is 1.50 bits per heavy atom. The van der Waals surface area contributed by atoms with Gasteiger partial charge in [0, 0.05) is 0 Å². The standard InChI is InChI=1S/C11H19N5/c12-15-10(11-13-6-14-16-11)5-9-4-7-1-2-8(9)3-7/h6-10,15H,1-5,12H2,(H,13,14,16). The largest absolute Gasteiger partial charge is 0.271 e. The number of hydrogen-bond acceptors (Lipinski definition) is 4. The molecule has 16 heavy (non-hydrogen) atoms. The molecule has 4 N–H and O–H groups in total. The number of nitrogens with one attached hydrogen (secondary N) is 2. The van der Waals surface area contributed by atoms with Crippen molar-refractivity contribution in [2.45, 2.75) is 38.1 Å². The Balaban J connectivity index is 1.65. The normalized spacial score (nSPS) is 34.4. The summed E-state index contributed by atoms with van der Waals surface area (Å²) >= 11 is 0. The molecular weight excluding hydrogens is 202 g/mol. The lowest BCUT2D eigenvalue weighted by molar-refractivity contribution is 0.276. The first-order valence-corrected chi connectivity index (χ1v) is 6.18. The van der Waals surface area contributed by atoms with Crippen LogP contribution in [0.15, 0.2) is 6.33 Å². The van der Waals surface area contributed by atoms with E-state index in [9.17, 15) is 0 Å². The summed E-state index contributed by atoms with van der Waals surface area (Å²) in [6.07, 6.45) is 8.33. The van der Waals surface area contributed by atoms with Crippen LogP contribution in [-0.2, 0) is 0 Å². The van der Waals surface area contributed by atoms with E-state index >= 15 is 0 Å². The van der Waals surface area contributed by atoms with E-state index in [-0.39, 0.29) is 6.04 Å². The fourth-order valence-electron chi connectivity index (χ4n) is 3.61. The van der Waals surface area contributed by atoms with Crippen LogP contribution in [0.3, 0.4) is 0 Å². The zero-order chi connectivity index (χ0) is 11.0. The van der Waals surface area contributed by atoms with E-state index in [1.165, 1.54) is 25.7 Å². The Bertz CT molecular complexity index is 336. The molecule has 1 aromatic heterocycles. The highest BCUT2D eigenvalue weighted by Crippen LogP contribution is 2.50. The lowest BCUT2D eigenvalue weighted by Crippen LogP contribution is -2.31. The average Bonchev–Trinajstić information content (AvgIpc) is 3.01. The van der Waals surface area contributed by atoms with Crippen LogP contribution in [0.5, 0.6) is 0 Å². The fourth-order valence-corrected chi connectivity index (χ4v) is 3.61. The lowest BCUT2D eigenvalue weighted by Gasteiger charge is -2.25. The molecule has 0 aromatic carbocycles. The van der Waals surface area contributed by atoms with Crippen molar-refractivity contribution in [1.82, 2.24) is 20.6 Å². The third kappa shape index (κ3) is 1.74. The first-order valence-electron chi connectivity index (χ1n) is 6.18. The summed E-state index contributed by atoms with van der Waals surface area (Å²) in [5, 5.41) is 6.78. The predicted octanol–water partition coefficient (Wildman–Crippen LogP) is 1.14. The molecule has 5 nitrogen and oxygen atoms in total. The number of aromatic nitrogens is 3. The molecule has 0 saturated heterocycles. The number of H-pyrrole nitrogens is 1. The maximum absolute atomic E-state index is 5.60. The molecule has 4 atom stereocenters. The minimum atomic E-state index is 0.131. The fraction of sp³-hybridized carbons (Fsp3) is 0.818. The van der Waals surface area contributed by atoms with E-state index in [0.717, 1.165) is 30.0 Å². The SMILES string of the molecule is NNC(CC1CC2CCC1C2)c1ncn[nH]1. The van der Waals surface area contributed by atoms with Gasteiger partial charge in [-0.2, -0.15) is 5.10 Å². The second kappa shape index (κ2) is 4.14. The molecule has 2 fully saturated rings. The van der Waals surface area contributed by atoms with Gasteiger partial charge in [-0.1, -0.05) is 6.42 Å². The highest BCUT2D eigenvalue weighted by atomic mass is 15.3. The molecule has 0 spiro atoms. The molecule has 0 amide bonds. The second-order valence-electron chi connectivity index (χ2n) is 5.26. The third-order valence-corrected chi connectivity index (χ3v) is 4.39. The molecule has 0 aliphatic heterocycles. The zero-order valence-corrected chi connectivity index (χ0v) is 9.39. The topological polar surface area (TPSA) is 79.6 Å². The highest BCUT2D eigenvalue weighted by molar-refractivity contribution is 4.96. The van der Waals surface area contributed by atoms with E-state index in [0.29, 0.717) is 0 Å². The summed E-state index contributed by atoms with van der Waals surface area (Å²) in [5.74, 6) is 9.22. The Morgan fingerprint density at radius 3 is 3.00 bits per heavy atom. The molecule has 5 heteroatoms. The van der Waals surface area contributed by atoms with E-state index in [1.807, 2.05) is 0 Å². The van der Waals surface area contributed by atoms with Gasteiger partial charge < -0.3 is 0 Å². The van der Waals surface area contributed by atoms with Gasteiger partial charge in [0.25, 0.3) is 0 Å². The van der Waals surface area contributed by atoms with Crippen LogP contribution in [0, 0.1) is 17.8 Å². The van der Waals surface area contributed by atoms with Crippen LogP contribution >= 0.6 is 0 Å². The summed E-state index contributed by atoms with van der Waals surface area (Å²) in [4.78, 5) is 4.18. The number of aromatic amines is 1. The Labute approximate surface area is 95.2 Å². The smallest absolute Gasteiger partial charge is 0.142 e. The molecule has 1 heterocycles. The van der Waals surface area contributed by atoms with Gasteiger partial charge >= 0.3 is 0 Å². The van der Waals surface area contributed by atoms with Crippen molar-refractivity contribution in [2.24, 2.45) is 23.6 Å². The monoisotopic (exact) mass is 221 g/mol. The van der Waals surface area contributed by atoms with Crippen molar-refractivity contribution < 1.29 is 0 Å². The van der Waals surface area contributed by atoms with Crippen molar-refractivity contribution >= 4 is 0 Å². The molecule has 2 aliphatic rings. The van der Waals surface area contributed by atoms with Gasteiger partial charge in [0.2, 0.25) is 0 Å². The van der Waals surface area contributed by atoms with Gasteiger partial charge in [0.05, 0.1) is 6.04 Å². The minimum Gasteiger partial charge on any atom is -0.271 e. The van der Waals surface area contributed by atoms with E-state index in [4.69, 9.17) is 5.84 Å². The van der Waals surface area contributed by atoms with Crippen LogP contribution in [-0.4, -0.2) is 15.2 Å². The van der Waals surface area contributed by atoms with Crippen molar-refractivity contribution in [1.29, 1.82) is 0 Å². The minimum absolute atomic E-state index is 0.131. The number of fused-ring (bicyclic) bond motifs is 2.